The van der Waals surface area contributed by atoms with Gasteiger partial charge in [0.15, 0.2) is 6.29 Å². The Morgan fingerprint density at radius 1 is 1.18 bits per heavy atom. The molecule has 1 N–H and O–H groups in total. The van der Waals surface area contributed by atoms with Crippen molar-refractivity contribution in [3.05, 3.63) is 29.8 Å². The number of aldehydes is 1. The molecule has 4 heteroatoms. The maximum absolute atomic E-state index is 11.8. The van der Waals surface area contributed by atoms with E-state index in [1.807, 2.05) is 6.07 Å². The van der Waals surface area contributed by atoms with Crippen LogP contribution in [0.2, 0.25) is 0 Å². The molecule has 4 nitrogen and oxygen atoms in total. The molecule has 1 aromatic carbocycles. The van der Waals surface area contributed by atoms with Gasteiger partial charge in [0.25, 0.3) is 0 Å². The lowest BCUT2D eigenvalue weighted by Gasteiger charge is -2.31. The van der Waals surface area contributed by atoms with Crippen LogP contribution in [0.25, 0.3) is 10.9 Å². The molecule has 0 radical (unpaired) electrons. The van der Waals surface area contributed by atoms with Crippen molar-refractivity contribution in [2.45, 2.75) is 32.7 Å². The van der Waals surface area contributed by atoms with Gasteiger partial charge < -0.3 is 14.8 Å². The number of benzene rings is 1. The highest BCUT2D eigenvalue weighted by molar-refractivity contribution is 6.04. The standard InChI is InChI=1S/C18H25N3O/c1-2-3-6-11-21-17-8-5-4-7-15(17)16(14-22)18(21)20-12-9-19-10-13-20/h4-5,7-8,14,19H,2-3,6,9-13H2,1H3. The molecule has 1 saturated heterocycles. The lowest BCUT2D eigenvalue weighted by atomic mass is 10.2. The van der Waals surface area contributed by atoms with Gasteiger partial charge in [-0.3, -0.25) is 4.79 Å². The second-order valence-electron chi connectivity index (χ2n) is 5.97. The van der Waals surface area contributed by atoms with Gasteiger partial charge in [-0.05, 0) is 12.5 Å². The van der Waals surface area contributed by atoms with Crippen LogP contribution in [0, 0.1) is 0 Å². The molecule has 22 heavy (non-hydrogen) atoms. The quantitative estimate of drug-likeness (QED) is 0.658. The number of hydrogen-bond acceptors (Lipinski definition) is 3. The largest absolute Gasteiger partial charge is 0.355 e. The van der Waals surface area contributed by atoms with Crippen LogP contribution in [0.15, 0.2) is 24.3 Å². The molecule has 1 aliphatic heterocycles. The Labute approximate surface area is 132 Å². The molecule has 0 atom stereocenters. The molecule has 1 aliphatic rings. The minimum atomic E-state index is 0.856. The molecule has 2 aromatic rings. The first-order valence-corrected chi connectivity index (χ1v) is 8.39. The molecule has 118 valence electrons. The van der Waals surface area contributed by atoms with Crippen LogP contribution in [0.3, 0.4) is 0 Å². The fraction of sp³-hybridized carbons (Fsp3) is 0.500. The van der Waals surface area contributed by atoms with Crippen molar-refractivity contribution in [3.8, 4) is 0 Å². The van der Waals surface area contributed by atoms with Crippen LogP contribution in [0.4, 0.5) is 5.82 Å². The minimum Gasteiger partial charge on any atom is -0.355 e. The smallest absolute Gasteiger partial charge is 0.154 e. The number of carbonyl (C=O) groups is 1. The van der Waals surface area contributed by atoms with Gasteiger partial charge in [-0.25, -0.2) is 0 Å². The van der Waals surface area contributed by atoms with Gasteiger partial charge in [0, 0.05) is 38.1 Å². The van der Waals surface area contributed by atoms with Crippen LogP contribution in [-0.4, -0.2) is 37.0 Å². The first-order chi connectivity index (χ1) is 10.9. The zero-order chi connectivity index (χ0) is 15.4. The summed E-state index contributed by atoms with van der Waals surface area (Å²) < 4.78 is 2.36. The first kappa shape index (κ1) is 15.1. The number of unbranched alkanes of at least 4 members (excludes halogenated alkanes) is 2. The summed E-state index contributed by atoms with van der Waals surface area (Å²) >= 11 is 0. The van der Waals surface area contributed by atoms with Gasteiger partial charge in [-0.15, -0.1) is 0 Å². The summed E-state index contributed by atoms with van der Waals surface area (Å²) in [6.45, 7) is 7.10. The second-order valence-corrected chi connectivity index (χ2v) is 5.97. The highest BCUT2D eigenvalue weighted by Gasteiger charge is 2.22. The number of rotatable bonds is 6. The van der Waals surface area contributed by atoms with Crippen molar-refractivity contribution in [2.75, 3.05) is 31.1 Å². The van der Waals surface area contributed by atoms with Crippen LogP contribution in [0.5, 0.6) is 0 Å². The highest BCUT2D eigenvalue weighted by atomic mass is 16.1. The van der Waals surface area contributed by atoms with Gasteiger partial charge in [-0.1, -0.05) is 38.0 Å². The maximum Gasteiger partial charge on any atom is 0.154 e. The Kier molecular flexibility index (Phi) is 4.78. The number of aryl methyl sites for hydroxylation is 1. The van der Waals surface area contributed by atoms with Crippen molar-refractivity contribution < 1.29 is 4.79 Å². The van der Waals surface area contributed by atoms with E-state index < -0.39 is 0 Å². The molecule has 3 rings (SSSR count). The summed E-state index contributed by atoms with van der Waals surface area (Å²) in [6.07, 6.45) is 4.63. The summed E-state index contributed by atoms with van der Waals surface area (Å²) in [6, 6.07) is 8.29. The third-order valence-electron chi connectivity index (χ3n) is 4.50. The molecule has 1 aromatic heterocycles. The molecule has 0 aliphatic carbocycles. The van der Waals surface area contributed by atoms with Gasteiger partial charge in [0.1, 0.15) is 5.82 Å². The molecule has 0 unspecified atom stereocenters. The molecule has 0 bridgehead atoms. The summed E-state index contributed by atoms with van der Waals surface area (Å²) in [5, 5.41) is 4.47. The van der Waals surface area contributed by atoms with Gasteiger partial charge in [0.2, 0.25) is 0 Å². The number of anilines is 1. The van der Waals surface area contributed by atoms with Gasteiger partial charge >= 0.3 is 0 Å². The molecule has 0 spiro atoms. The van der Waals surface area contributed by atoms with E-state index in [0.29, 0.717) is 0 Å². The Bertz CT molecular complexity index is 641. The van der Waals surface area contributed by atoms with E-state index >= 15 is 0 Å². The minimum absolute atomic E-state index is 0.856. The average molecular weight is 299 g/mol. The number of aromatic nitrogens is 1. The fourth-order valence-corrected chi connectivity index (χ4v) is 3.40. The van der Waals surface area contributed by atoms with Crippen molar-refractivity contribution in [1.29, 1.82) is 0 Å². The maximum atomic E-state index is 11.8. The first-order valence-electron chi connectivity index (χ1n) is 8.39. The van der Waals surface area contributed by atoms with Crippen molar-refractivity contribution in [1.82, 2.24) is 9.88 Å². The van der Waals surface area contributed by atoms with Crippen LogP contribution in [0.1, 0.15) is 36.5 Å². The molecule has 2 heterocycles. The van der Waals surface area contributed by atoms with Gasteiger partial charge in [0.05, 0.1) is 11.1 Å². The van der Waals surface area contributed by atoms with E-state index in [0.717, 1.165) is 62.2 Å². The van der Waals surface area contributed by atoms with E-state index in [4.69, 9.17) is 0 Å². The normalized spacial score (nSPS) is 15.4. The van der Waals surface area contributed by atoms with E-state index in [1.165, 1.54) is 18.4 Å². The molecular formula is C18H25N3O. The summed E-state index contributed by atoms with van der Waals surface area (Å²) in [7, 11) is 0. The number of piperazine rings is 1. The molecular weight excluding hydrogens is 274 g/mol. The molecule has 0 saturated carbocycles. The van der Waals surface area contributed by atoms with E-state index in [2.05, 4.69) is 39.9 Å². The van der Waals surface area contributed by atoms with Crippen LogP contribution >= 0.6 is 0 Å². The lowest BCUT2D eigenvalue weighted by molar-refractivity contribution is 0.112. The summed E-state index contributed by atoms with van der Waals surface area (Å²) in [4.78, 5) is 14.1. The Morgan fingerprint density at radius 3 is 2.68 bits per heavy atom. The van der Waals surface area contributed by atoms with Crippen molar-refractivity contribution in [3.63, 3.8) is 0 Å². The average Bonchev–Trinajstić information content (AvgIpc) is 2.90. The van der Waals surface area contributed by atoms with E-state index in [1.54, 1.807) is 0 Å². The Balaban J connectivity index is 2.08. The number of hydrogen-bond donors (Lipinski definition) is 1. The van der Waals surface area contributed by atoms with Crippen LogP contribution < -0.4 is 10.2 Å². The van der Waals surface area contributed by atoms with E-state index in [9.17, 15) is 4.79 Å². The highest BCUT2D eigenvalue weighted by Crippen LogP contribution is 2.32. The van der Waals surface area contributed by atoms with Crippen molar-refractivity contribution >= 4 is 23.0 Å². The predicted octanol–water partition coefficient (Wildman–Crippen LogP) is 3.05. The number of nitrogens with one attached hydrogen (secondary N) is 1. The monoisotopic (exact) mass is 299 g/mol. The topological polar surface area (TPSA) is 37.3 Å². The van der Waals surface area contributed by atoms with Crippen LogP contribution in [-0.2, 0) is 6.54 Å². The zero-order valence-electron chi connectivity index (χ0n) is 13.3. The van der Waals surface area contributed by atoms with E-state index in [-0.39, 0.29) is 0 Å². The third kappa shape index (κ3) is 2.75. The second kappa shape index (κ2) is 6.97. The zero-order valence-corrected chi connectivity index (χ0v) is 13.3. The summed E-state index contributed by atoms with van der Waals surface area (Å²) in [5.41, 5.74) is 2.04. The third-order valence-corrected chi connectivity index (χ3v) is 4.50. The Morgan fingerprint density at radius 2 is 1.95 bits per heavy atom. The fourth-order valence-electron chi connectivity index (χ4n) is 3.40. The number of fused-ring (bicyclic) bond motifs is 1. The van der Waals surface area contributed by atoms with Gasteiger partial charge in [-0.2, -0.15) is 0 Å². The number of carbonyl (C=O) groups excluding carboxylic acids is 1. The molecule has 0 amide bonds. The number of para-hydroxylation sites is 1. The predicted molar refractivity (Wildman–Crippen MR) is 91.9 cm³/mol. The lowest BCUT2D eigenvalue weighted by Crippen LogP contribution is -2.44. The SMILES string of the molecule is CCCCCn1c(N2CCNCC2)c(C=O)c2ccccc21. The summed E-state index contributed by atoms with van der Waals surface area (Å²) in [5.74, 6) is 1.12. The Hall–Kier alpha value is -1.81. The number of nitrogens with zero attached hydrogens (tertiary/aromatic N) is 2. The molecule has 1 fully saturated rings. The van der Waals surface area contributed by atoms with Crippen molar-refractivity contribution in [2.24, 2.45) is 0 Å².